The fraction of sp³-hybridized carbons (Fsp3) is 0.538. The maximum atomic E-state index is 13.1. The normalized spacial score (nSPS) is 22.1. The predicted octanol–water partition coefficient (Wildman–Crippen LogP) is 2.62. The Hall–Kier alpha value is -0.940. The molecular formula is C13H18FNO2S. The summed E-state index contributed by atoms with van der Waals surface area (Å²) in [7, 11) is -3.21. The number of hydrogen-bond acceptors (Lipinski definition) is 2. The van der Waals surface area contributed by atoms with Gasteiger partial charge in [-0.2, -0.15) is 4.31 Å². The molecule has 0 saturated carbocycles. The molecule has 18 heavy (non-hydrogen) atoms. The van der Waals surface area contributed by atoms with Crippen molar-refractivity contribution in [2.24, 2.45) is 0 Å². The highest BCUT2D eigenvalue weighted by molar-refractivity contribution is 7.88. The Morgan fingerprint density at radius 3 is 2.67 bits per heavy atom. The van der Waals surface area contributed by atoms with Crippen molar-refractivity contribution in [1.82, 2.24) is 4.31 Å². The first kappa shape index (κ1) is 13.5. The zero-order chi connectivity index (χ0) is 13.3. The second-order valence-electron chi connectivity index (χ2n) is 4.89. The monoisotopic (exact) mass is 271 g/mol. The Bertz CT molecular complexity index is 542. The first-order chi connectivity index (χ1) is 8.39. The highest BCUT2D eigenvalue weighted by atomic mass is 32.2. The number of aryl methyl sites for hydroxylation is 1. The van der Waals surface area contributed by atoms with Crippen LogP contribution in [-0.2, 0) is 10.0 Å². The average molecular weight is 271 g/mol. The maximum Gasteiger partial charge on any atom is 0.211 e. The molecule has 0 bridgehead atoms. The molecule has 0 amide bonds. The topological polar surface area (TPSA) is 37.4 Å². The van der Waals surface area contributed by atoms with Crippen molar-refractivity contribution >= 4 is 10.0 Å². The summed E-state index contributed by atoms with van der Waals surface area (Å²) in [4.78, 5) is 0. The molecule has 1 aliphatic heterocycles. The van der Waals surface area contributed by atoms with Crippen molar-refractivity contribution in [3.8, 4) is 0 Å². The molecular weight excluding hydrogens is 253 g/mol. The van der Waals surface area contributed by atoms with Crippen LogP contribution in [0.1, 0.15) is 36.4 Å². The van der Waals surface area contributed by atoms with Crippen LogP contribution in [0.4, 0.5) is 4.39 Å². The maximum absolute atomic E-state index is 13.1. The highest BCUT2D eigenvalue weighted by Gasteiger charge is 2.31. The van der Waals surface area contributed by atoms with Crippen molar-refractivity contribution in [2.45, 2.75) is 32.2 Å². The van der Waals surface area contributed by atoms with Crippen LogP contribution in [0.2, 0.25) is 0 Å². The minimum absolute atomic E-state index is 0.144. The van der Waals surface area contributed by atoms with E-state index >= 15 is 0 Å². The quantitative estimate of drug-likeness (QED) is 0.829. The zero-order valence-corrected chi connectivity index (χ0v) is 11.5. The van der Waals surface area contributed by atoms with Crippen molar-refractivity contribution in [3.63, 3.8) is 0 Å². The van der Waals surface area contributed by atoms with Gasteiger partial charge in [0.2, 0.25) is 10.0 Å². The zero-order valence-electron chi connectivity index (χ0n) is 10.7. The predicted molar refractivity (Wildman–Crippen MR) is 69.3 cm³/mol. The highest BCUT2D eigenvalue weighted by Crippen LogP contribution is 2.34. The van der Waals surface area contributed by atoms with Crippen LogP contribution in [0.5, 0.6) is 0 Å². The van der Waals surface area contributed by atoms with Gasteiger partial charge in [-0.3, -0.25) is 0 Å². The third-order valence-electron chi connectivity index (χ3n) is 3.47. The van der Waals surface area contributed by atoms with Gasteiger partial charge in [0.25, 0.3) is 0 Å². The molecule has 1 fully saturated rings. The Balaban J connectivity index is 2.40. The summed E-state index contributed by atoms with van der Waals surface area (Å²) < 4.78 is 38.3. The molecule has 1 aromatic rings. The third kappa shape index (κ3) is 2.72. The SMILES string of the molecule is Cc1cc(F)ccc1C1CCCCN1S(C)(=O)=O. The minimum atomic E-state index is -3.21. The molecule has 0 spiro atoms. The molecule has 1 atom stereocenters. The number of nitrogens with zero attached hydrogens (tertiary/aromatic N) is 1. The van der Waals surface area contributed by atoms with Gasteiger partial charge in [0.05, 0.1) is 6.26 Å². The molecule has 1 aliphatic rings. The summed E-state index contributed by atoms with van der Waals surface area (Å²) in [6.07, 6.45) is 3.95. The van der Waals surface area contributed by atoms with Gasteiger partial charge in [-0.05, 0) is 43.0 Å². The Kier molecular flexibility index (Phi) is 3.73. The Morgan fingerprint density at radius 1 is 1.33 bits per heavy atom. The lowest BCUT2D eigenvalue weighted by molar-refractivity contribution is 0.257. The van der Waals surface area contributed by atoms with E-state index in [1.54, 1.807) is 6.07 Å². The second kappa shape index (κ2) is 4.97. The van der Waals surface area contributed by atoms with Crippen LogP contribution in [0.3, 0.4) is 0 Å². The summed E-state index contributed by atoms with van der Waals surface area (Å²) in [6, 6.07) is 4.43. The van der Waals surface area contributed by atoms with Crippen LogP contribution in [0, 0.1) is 12.7 Å². The molecule has 1 heterocycles. The molecule has 0 aliphatic carbocycles. The number of sulfonamides is 1. The third-order valence-corrected chi connectivity index (χ3v) is 4.76. The van der Waals surface area contributed by atoms with Crippen molar-refractivity contribution in [1.29, 1.82) is 0 Å². The first-order valence-electron chi connectivity index (χ1n) is 6.12. The van der Waals surface area contributed by atoms with Crippen LogP contribution in [0.25, 0.3) is 0 Å². The largest absolute Gasteiger partial charge is 0.212 e. The molecule has 1 saturated heterocycles. The van der Waals surface area contributed by atoms with Crippen LogP contribution in [-0.4, -0.2) is 25.5 Å². The van der Waals surface area contributed by atoms with E-state index < -0.39 is 10.0 Å². The van der Waals surface area contributed by atoms with E-state index in [1.807, 2.05) is 6.92 Å². The average Bonchev–Trinajstić information content (AvgIpc) is 2.28. The molecule has 1 aromatic carbocycles. The second-order valence-corrected chi connectivity index (χ2v) is 6.82. The molecule has 0 N–H and O–H groups in total. The van der Waals surface area contributed by atoms with Gasteiger partial charge >= 0.3 is 0 Å². The van der Waals surface area contributed by atoms with E-state index in [0.717, 1.165) is 30.4 Å². The molecule has 3 nitrogen and oxygen atoms in total. The Morgan fingerprint density at radius 2 is 2.06 bits per heavy atom. The molecule has 0 radical (unpaired) electrons. The summed E-state index contributed by atoms with van der Waals surface area (Å²) in [5, 5.41) is 0. The van der Waals surface area contributed by atoms with Gasteiger partial charge in [0.15, 0.2) is 0 Å². The van der Waals surface area contributed by atoms with E-state index in [0.29, 0.717) is 6.54 Å². The summed E-state index contributed by atoms with van der Waals surface area (Å²) in [5.41, 5.74) is 1.73. The standard InChI is InChI=1S/C13H18FNO2S/c1-10-9-11(14)6-7-12(10)13-5-3-4-8-15(13)18(2,16)17/h6-7,9,13H,3-5,8H2,1-2H3. The van der Waals surface area contributed by atoms with Crippen LogP contribution >= 0.6 is 0 Å². The van der Waals surface area contributed by atoms with Gasteiger partial charge in [0.1, 0.15) is 5.82 Å². The number of piperidine rings is 1. The first-order valence-corrected chi connectivity index (χ1v) is 7.97. The van der Waals surface area contributed by atoms with Crippen molar-refractivity contribution in [3.05, 3.63) is 35.1 Å². The van der Waals surface area contributed by atoms with E-state index in [2.05, 4.69) is 0 Å². The van der Waals surface area contributed by atoms with E-state index in [9.17, 15) is 12.8 Å². The van der Waals surface area contributed by atoms with E-state index in [4.69, 9.17) is 0 Å². The van der Waals surface area contributed by atoms with Gasteiger partial charge in [-0.25, -0.2) is 12.8 Å². The summed E-state index contributed by atoms with van der Waals surface area (Å²) in [6.45, 7) is 2.38. The van der Waals surface area contributed by atoms with Gasteiger partial charge in [0, 0.05) is 12.6 Å². The summed E-state index contributed by atoms with van der Waals surface area (Å²) in [5.74, 6) is -0.280. The Labute approximate surface area is 108 Å². The van der Waals surface area contributed by atoms with E-state index in [1.165, 1.54) is 22.7 Å². The van der Waals surface area contributed by atoms with Crippen LogP contribution < -0.4 is 0 Å². The van der Waals surface area contributed by atoms with Crippen molar-refractivity contribution < 1.29 is 12.8 Å². The van der Waals surface area contributed by atoms with Crippen molar-refractivity contribution in [2.75, 3.05) is 12.8 Å². The van der Waals surface area contributed by atoms with Gasteiger partial charge in [-0.15, -0.1) is 0 Å². The van der Waals surface area contributed by atoms with E-state index in [-0.39, 0.29) is 11.9 Å². The molecule has 1 unspecified atom stereocenters. The van der Waals surface area contributed by atoms with Gasteiger partial charge in [-0.1, -0.05) is 12.5 Å². The molecule has 0 aromatic heterocycles. The number of rotatable bonds is 2. The molecule has 100 valence electrons. The van der Waals surface area contributed by atoms with Gasteiger partial charge < -0.3 is 0 Å². The number of halogens is 1. The van der Waals surface area contributed by atoms with Crippen LogP contribution in [0.15, 0.2) is 18.2 Å². The lowest BCUT2D eigenvalue weighted by Crippen LogP contribution is -2.38. The number of hydrogen-bond donors (Lipinski definition) is 0. The number of benzene rings is 1. The minimum Gasteiger partial charge on any atom is -0.212 e. The smallest absolute Gasteiger partial charge is 0.211 e. The molecule has 5 heteroatoms. The fourth-order valence-corrected chi connectivity index (χ4v) is 3.77. The summed E-state index contributed by atoms with van der Waals surface area (Å²) >= 11 is 0. The fourth-order valence-electron chi connectivity index (χ4n) is 2.63. The lowest BCUT2D eigenvalue weighted by Gasteiger charge is -2.34. The molecule has 2 rings (SSSR count). The lowest BCUT2D eigenvalue weighted by atomic mass is 9.94.